The van der Waals surface area contributed by atoms with Crippen molar-refractivity contribution in [2.75, 3.05) is 32.8 Å². The van der Waals surface area contributed by atoms with Gasteiger partial charge in [0.25, 0.3) is 0 Å². The van der Waals surface area contributed by atoms with E-state index in [1.165, 1.54) is 6.92 Å². The molecule has 0 aliphatic carbocycles. The van der Waals surface area contributed by atoms with E-state index in [9.17, 15) is 28.8 Å². The highest BCUT2D eigenvalue weighted by Gasteiger charge is 2.23. The van der Waals surface area contributed by atoms with Crippen LogP contribution in [0.25, 0.3) is 0 Å². The zero-order valence-corrected chi connectivity index (χ0v) is 16.1. The highest BCUT2D eigenvalue weighted by Crippen LogP contribution is 1.88. The highest BCUT2D eigenvalue weighted by atomic mass is 16.4. The molecule has 15 nitrogen and oxygen atoms in total. The van der Waals surface area contributed by atoms with Gasteiger partial charge >= 0.3 is 5.97 Å². The summed E-state index contributed by atoms with van der Waals surface area (Å²) >= 11 is 0. The van der Waals surface area contributed by atoms with Crippen LogP contribution in [-0.4, -0.2) is 102 Å². The van der Waals surface area contributed by atoms with Gasteiger partial charge in [-0.15, -0.1) is 0 Å². The van der Waals surface area contributed by atoms with Crippen molar-refractivity contribution >= 4 is 35.5 Å². The lowest BCUT2D eigenvalue weighted by Gasteiger charge is -2.17. The predicted octanol–water partition coefficient (Wildman–Crippen LogP) is -6.28. The van der Waals surface area contributed by atoms with E-state index in [4.69, 9.17) is 21.1 Å². The summed E-state index contributed by atoms with van der Waals surface area (Å²) in [6, 6.07) is -3.98. The number of hydrogen-bond donors (Lipinski definition) is 9. The number of rotatable bonds is 13. The summed E-state index contributed by atoms with van der Waals surface area (Å²) in [4.78, 5) is 68.8. The summed E-state index contributed by atoms with van der Waals surface area (Å²) < 4.78 is 0. The molecule has 15 heteroatoms. The number of carboxylic acids is 1. The predicted molar refractivity (Wildman–Crippen MR) is 98.3 cm³/mol. The molecule has 0 spiro atoms. The first-order chi connectivity index (χ1) is 14.0. The molecule has 3 atom stereocenters. The summed E-state index contributed by atoms with van der Waals surface area (Å²) in [6.07, 6.45) is 0. The average Bonchev–Trinajstić information content (AvgIpc) is 2.71. The molecule has 10 N–H and O–H groups in total. The van der Waals surface area contributed by atoms with Crippen LogP contribution in [0.3, 0.4) is 0 Å². The summed E-state index contributed by atoms with van der Waals surface area (Å²) in [5.41, 5.74) is 5.07. The quantitative estimate of drug-likeness (QED) is 0.132. The Morgan fingerprint density at radius 3 is 1.83 bits per heavy atom. The van der Waals surface area contributed by atoms with E-state index in [2.05, 4.69) is 21.3 Å². The molecule has 0 unspecified atom stereocenters. The molecular weight excluding hydrogens is 408 g/mol. The van der Waals surface area contributed by atoms with Gasteiger partial charge in [0.2, 0.25) is 29.5 Å². The maximum atomic E-state index is 11.8. The molecule has 0 aliphatic heterocycles. The third kappa shape index (κ3) is 10.3. The monoisotopic (exact) mass is 434 g/mol. The van der Waals surface area contributed by atoms with Crippen molar-refractivity contribution in [2.45, 2.75) is 25.0 Å². The second kappa shape index (κ2) is 13.8. The third-order valence-corrected chi connectivity index (χ3v) is 3.46. The van der Waals surface area contributed by atoms with Gasteiger partial charge in [-0.2, -0.15) is 0 Å². The lowest BCUT2D eigenvalue weighted by Crippen LogP contribution is -2.53. The Bertz CT molecular complexity index is 657. The summed E-state index contributed by atoms with van der Waals surface area (Å²) in [5, 5.41) is 37.3. The Balaban J connectivity index is 4.33. The molecular formula is C15H26N6O9. The molecule has 0 aromatic heterocycles. The zero-order valence-electron chi connectivity index (χ0n) is 16.1. The van der Waals surface area contributed by atoms with Crippen LogP contribution in [0.15, 0.2) is 0 Å². The van der Waals surface area contributed by atoms with Gasteiger partial charge in [-0.1, -0.05) is 0 Å². The van der Waals surface area contributed by atoms with E-state index in [0.717, 1.165) is 0 Å². The maximum Gasteiger partial charge on any atom is 0.328 e. The molecule has 0 bridgehead atoms. The second-order valence-corrected chi connectivity index (χ2v) is 5.87. The van der Waals surface area contributed by atoms with Crippen LogP contribution < -0.4 is 32.3 Å². The van der Waals surface area contributed by atoms with Crippen molar-refractivity contribution in [3.05, 3.63) is 0 Å². The first-order valence-corrected chi connectivity index (χ1v) is 8.63. The Hall–Kier alpha value is -3.30. The maximum absolute atomic E-state index is 11.8. The zero-order chi connectivity index (χ0) is 23.3. The van der Waals surface area contributed by atoms with Gasteiger partial charge in [0.05, 0.1) is 32.8 Å². The molecule has 170 valence electrons. The molecule has 0 aromatic carbocycles. The third-order valence-electron chi connectivity index (χ3n) is 3.46. The molecule has 0 aromatic rings. The van der Waals surface area contributed by atoms with E-state index in [1.54, 1.807) is 0 Å². The van der Waals surface area contributed by atoms with Crippen molar-refractivity contribution in [3.8, 4) is 0 Å². The minimum Gasteiger partial charge on any atom is -0.480 e. The number of amides is 5. The Labute approximate surface area is 170 Å². The lowest BCUT2D eigenvalue weighted by molar-refractivity contribution is -0.143. The van der Waals surface area contributed by atoms with E-state index in [-0.39, 0.29) is 0 Å². The highest BCUT2D eigenvalue weighted by molar-refractivity contribution is 5.93. The van der Waals surface area contributed by atoms with Gasteiger partial charge in [0.1, 0.15) is 18.1 Å². The molecule has 0 saturated heterocycles. The van der Waals surface area contributed by atoms with Crippen LogP contribution in [0.4, 0.5) is 0 Å². The smallest absolute Gasteiger partial charge is 0.328 e. The molecule has 0 saturated carbocycles. The van der Waals surface area contributed by atoms with E-state index < -0.39 is 86.5 Å². The number of aliphatic hydroxyl groups is 2. The first-order valence-electron chi connectivity index (χ1n) is 8.63. The Morgan fingerprint density at radius 2 is 1.33 bits per heavy atom. The molecule has 30 heavy (non-hydrogen) atoms. The van der Waals surface area contributed by atoms with Crippen molar-refractivity contribution in [1.29, 1.82) is 0 Å². The molecule has 5 amide bonds. The SMILES string of the molecule is C[C@H](NC(=O)CNC(=O)CNC(=O)[C@H](CO)NC(=O)CN)C(=O)N[C@@H](CO)C(=O)O. The van der Waals surface area contributed by atoms with Crippen LogP contribution in [0.1, 0.15) is 6.92 Å². The van der Waals surface area contributed by atoms with Gasteiger partial charge in [-0.05, 0) is 6.92 Å². The minimum atomic E-state index is -1.53. The van der Waals surface area contributed by atoms with Crippen molar-refractivity contribution in [2.24, 2.45) is 5.73 Å². The van der Waals surface area contributed by atoms with Crippen molar-refractivity contribution in [1.82, 2.24) is 26.6 Å². The number of aliphatic carboxylic acids is 1. The number of aliphatic hydroxyl groups excluding tert-OH is 2. The van der Waals surface area contributed by atoms with Crippen LogP contribution in [-0.2, 0) is 28.8 Å². The Kier molecular flexibility index (Phi) is 12.3. The van der Waals surface area contributed by atoms with Crippen LogP contribution >= 0.6 is 0 Å². The topological polar surface area (TPSA) is 249 Å². The first kappa shape index (κ1) is 26.7. The summed E-state index contributed by atoms with van der Waals surface area (Å²) in [6.45, 7) is -1.81. The number of nitrogens with two attached hydrogens (primary N) is 1. The molecule has 0 rings (SSSR count). The van der Waals surface area contributed by atoms with Crippen LogP contribution in [0.5, 0.6) is 0 Å². The van der Waals surface area contributed by atoms with Crippen LogP contribution in [0.2, 0.25) is 0 Å². The number of carbonyl (C=O) groups is 6. The van der Waals surface area contributed by atoms with Gasteiger partial charge in [0, 0.05) is 0 Å². The number of nitrogens with one attached hydrogen (secondary N) is 5. The number of carboxylic acid groups (broad SMARTS) is 1. The number of carbonyl (C=O) groups excluding carboxylic acids is 5. The van der Waals surface area contributed by atoms with E-state index >= 15 is 0 Å². The summed E-state index contributed by atoms with van der Waals surface area (Å²) in [7, 11) is 0. The van der Waals surface area contributed by atoms with Gasteiger partial charge < -0.3 is 47.6 Å². The minimum absolute atomic E-state index is 0.396. The molecule has 0 aliphatic rings. The number of hydrogen-bond acceptors (Lipinski definition) is 9. The molecule has 0 radical (unpaired) electrons. The van der Waals surface area contributed by atoms with Crippen LogP contribution in [0, 0.1) is 0 Å². The fourth-order valence-electron chi connectivity index (χ4n) is 1.82. The lowest BCUT2D eigenvalue weighted by atomic mass is 10.2. The van der Waals surface area contributed by atoms with E-state index in [0.29, 0.717) is 0 Å². The second-order valence-electron chi connectivity index (χ2n) is 5.87. The van der Waals surface area contributed by atoms with Gasteiger partial charge in [-0.25, -0.2) is 4.79 Å². The van der Waals surface area contributed by atoms with Crippen molar-refractivity contribution < 1.29 is 44.1 Å². The molecule has 0 heterocycles. The fourth-order valence-corrected chi connectivity index (χ4v) is 1.82. The summed E-state index contributed by atoms with van der Waals surface area (Å²) in [5.74, 6) is -5.40. The normalized spacial score (nSPS) is 13.2. The van der Waals surface area contributed by atoms with Gasteiger partial charge in [-0.3, -0.25) is 24.0 Å². The largest absolute Gasteiger partial charge is 0.480 e. The Morgan fingerprint density at radius 1 is 0.767 bits per heavy atom. The van der Waals surface area contributed by atoms with Gasteiger partial charge in [0.15, 0.2) is 0 Å². The van der Waals surface area contributed by atoms with Crippen molar-refractivity contribution in [3.63, 3.8) is 0 Å². The molecule has 0 fully saturated rings. The van der Waals surface area contributed by atoms with E-state index in [1.807, 2.05) is 5.32 Å². The average molecular weight is 434 g/mol. The standard InChI is InChI=1S/C15H26N6O9/c1-7(13(27)21-9(6-23)15(29)30)19-12(26)4-17-11(25)3-18-14(28)8(5-22)20-10(24)2-16/h7-9,22-23H,2-6,16H2,1H3,(H,17,25)(H,18,28)(H,19,26)(H,20,24)(H,21,27)(H,29,30)/t7-,8-,9-/m0/s1. The fraction of sp³-hybridized carbons (Fsp3) is 0.600.